The summed E-state index contributed by atoms with van der Waals surface area (Å²) in [5.41, 5.74) is 0. The third-order valence-corrected chi connectivity index (χ3v) is 4.74. The van der Waals surface area contributed by atoms with Crippen LogP contribution in [-0.2, 0) is 14.3 Å². The number of carboxylic acid groups (broad SMARTS) is 1. The van der Waals surface area contributed by atoms with E-state index in [1.807, 2.05) is 6.92 Å². The second-order valence-corrected chi connectivity index (χ2v) is 5.97. The molecule has 3 atom stereocenters. The largest absolute Gasteiger partial charge is 0.480 e. The van der Waals surface area contributed by atoms with Crippen LogP contribution in [0.5, 0.6) is 0 Å². The molecule has 2 rings (SSSR count). The summed E-state index contributed by atoms with van der Waals surface area (Å²) in [6.45, 7) is 3.59. The van der Waals surface area contributed by atoms with Crippen molar-refractivity contribution in [1.29, 1.82) is 0 Å². The Morgan fingerprint density at radius 3 is 2.89 bits per heavy atom. The van der Waals surface area contributed by atoms with Gasteiger partial charge in [0.05, 0.1) is 18.6 Å². The summed E-state index contributed by atoms with van der Waals surface area (Å²) in [6, 6.07) is -1.12. The maximum atomic E-state index is 12.5. The third-order valence-electron chi connectivity index (χ3n) is 3.39. The second kappa shape index (κ2) is 6.58. The molecular weight excluding hydrogens is 268 g/mol. The van der Waals surface area contributed by atoms with Gasteiger partial charge in [-0.2, -0.15) is 0 Å². The van der Waals surface area contributed by atoms with E-state index < -0.39 is 18.1 Å². The van der Waals surface area contributed by atoms with Gasteiger partial charge >= 0.3 is 5.97 Å². The molecule has 2 heterocycles. The van der Waals surface area contributed by atoms with Crippen molar-refractivity contribution in [3.63, 3.8) is 0 Å². The molecule has 0 aromatic rings. The quantitative estimate of drug-likeness (QED) is 0.765. The van der Waals surface area contributed by atoms with Crippen LogP contribution in [0.15, 0.2) is 0 Å². The molecule has 6 nitrogen and oxygen atoms in total. The van der Waals surface area contributed by atoms with E-state index in [4.69, 9.17) is 4.74 Å². The summed E-state index contributed by atoms with van der Waals surface area (Å²) in [5.74, 6) is -0.592. The number of rotatable bonds is 4. The van der Waals surface area contributed by atoms with Crippen molar-refractivity contribution in [1.82, 2.24) is 10.2 Å². The van der Waals surface area contributed by atoms with Gasteiger partial charge in [0.25, 0.3) is 0 Å². The number of hydrogen-bond donors (Lipinski definition) is 2. The third kappa shape index (κ3) is 3.21. The van der Waals surface area contributed by atoms with E-state index in [1.165, 1.54) is 0 Å². The summed E-state index contributed by atoms with van der Waals surface area (Å²) >= 11 is 1.56. The maximum Gasteiger partial charge on any atom is 0.327 e. The van der Waals surface area contributed by atoms with Crippen LogP contribution in [0.4, 0.5) is 0 Å². The van der Waals surface area contributed by atoms with Crippen LogP contribution in [0.1, 0.15) is 19.8 Å². The standard InChI is InChI=1S/C12H20N2O4S/c1-2-3-10-14(9(7-19-10)12(16)17)11(15)8-6-18-5-4-13-8/h8-10,13H,2-7H2,1H3,(H,16,17). The highest BCUT2D eigenvalue weighted by atomic mass is 32.2. The van der Waals surface area contributed by atoms with Crippen LogP contribution < -0.4 is 5.32 Å². The van der Waals surface area contributed by atoms with Gasteiger partial charge in [-0.05, 0) is 6.42 Å². The van der Waals surface area contributed by atoms with E-state index in [1.54, 1.807) is 16.7 Å². The number of nitrogens with zero attached hydrogens (tertiary/aromatic N) is 1. The van der Waals surface area contributed by atoms with Crippen LogP contribution in [0, 0.1) is 0 Å². The van der Waals surface area contributed by atoms with Crippen LogP contribution >= 0.6 is 11.8 Å². The molecule has 108 valence electrons. The lowest BCUT2D eigenvalue weighted by atomic mass is 10.1. The van der Waals surface area contributed by atoms with Gasteiger partial charge in [-0.3, -0.25) is 4.79 Å². The monoisotopic (exact) mass is 288 g/mol. The van der Waals surface area contributed by atoms with E-state index in [0.717, 1.165) is 12.8 Å². The Morgan fingerprint density at radius 2 is 2.32 bits per heavy atom. The highest BCUT2D eigenvalue weighted by Crippen LogP contribution is 2.32. The number of aliphatic carboxylic acids is 1. The van der Waals surface area contributed by atoms with E-state index in [9.17, 15) is 14.7 Å². The van der Waals surface area contributed by atoms with Crippen LogP contribution in [-0.4, -0.2) is 64.9 Å². The van der Waals surface area contributed by atoms with Crippen LogP contribution in [0.3, 0.4) is 0 Å². The number of carboxylic acids is 1. The fourth-order valence-corrected chi connectivity index (χ4v) is 3.94. The number of nitrogens with one attached hydrogen (secondary N) is 1. The number of morpholine rings is 1. The Balaban J connectivity index is 2.10. The summed E-state index contributed by atoms with van der Waals surface area (Å²) < 4.78 is 5.29. The molecule has 2 aliphatic rings. The molecule has 0 spiro atoms. The molecule has 0 aromatic carbocycles. The van der Waals surface area contributed by atoms with Crippen molar-refractivity contribution < 1.29 is 19.4 Å². The van der Waals surface area contributed by atoms with Gasteiger partial charge in [-0.1, -0.05) is 13.3 Å². The summed E-state index contributed by atoms with van der Waals surface area (Å²) in [7, 11) is 0. The van der Waals surface area contributed by atoms with Crippen molar-refractivity contribution in [2.24, 2.45) is 0 Å². The normalized spacial score (nSPS) is 31.4. The predicted octanol–water partition coefficient (Wildman–Crippen LogP) is 0.130. The zero-order valence-electron chi connectivity index (χ0n) is 11.0. The van der Waals surface area contributed by atoms with Crippen LogP contribution in [0.2, 0.25) is 0 Å². The Kier molecular flexibility index (Phi) is 5.06. The van der Waals surface area contributed by atoms with Crippen molar-refractivity contribution >= 4 is 23.6 Å². The lowest BCUT2D eigenvalue weighted by Gasteiger charge is -2.32. The molecule has 0 bridgehead atoms. The van der Waals surface area contributed by atoms with Gasteiger partial charge in [-0.15, -0.1) is 11.8 Å². The summed E-state index contributed by atoms with van der Waals surface area (Å²) in [6.07, 6.45) is 1.76. The Hall–Kier alpha value is -0.790. The van der Waals surface area contributed by atoms with Gasteiger partial charge < -0.3 is 20.1 Å². The first-order valence-electron chi connectivity index (χ1n) is 6.63. The highest BCUT2D eigenvalue weighted by molar-refractivity contribution is 8.00. The molecule has 1 amide bonds. The number of carbonyl (C=O) groups excluding carboxylic acids is 1. The smallest absolute Gasteiger partial charge is 0.327 e. The SMILES string of the molecule is CCCC1SCC(C(=O)O)N1C(=O)C1COCCN1. The van der Waals surface area contributed by atoms with Gasteiger partial charge in [-0.25, -0.2) is 4.79 Å². The molecule has 0 saturated carbocycles. The number of hydrogen-bond acceptors (Lipinski definition) is 5. The lowest BCUT2D eigenvalue weighted by molar-refractivity contribution is -0.151. The number of ether oxygens (including phenoxy) is 1. The molecule has 0 aromatic heterocycles. The molecule has 0 radical (unpaired) electrons. The zero-order valence-corrected chi connectivity index (χ0v) is 11.8. The minimum Gasteiger partial charge on any atom is -0.480 e. The maximum absolute atomic E-state index is 12.5. The zero-order chi connectivity index (χ0) is 13.8. The van der Waals surface area contributed by atoms with E-state index in [0.29, 0.717) is 25.5 Å². The minimum absolute atomic E-state index is 0.0256. The first kappa shape index (κ1) is 14.6. The minimum atomic E-state index is -0.920. The number of amides is 1. The molecular formula is C12H20N2O4S. The van der Waals surface area contributed by atoms with Crippen LogP contribution in [0.25, 0.3) is 0 Å². The van der Waals surface area contributed by atoms with Gasteiger partial charge in [0.15, 0.2) is 0 Å². The Morgan fingerprint density at radius 1 is 1.53 bits per heavy atom. The van der Waals surface area contributed by atoms with Crippen molar-refractivity contribution in [3.05, 3.63) is 0 Å². The number of carbonyl (C=O) groups is 2. The summed E-state index contributed by atoms with van der Waals surface area (Å²) in [4.78, 5) is 25.3. The molecule has 2 aliphatic heterocycles. The number of thioether (sulfide) groups is 1. The van der Waals surface area contributed by atoms with E-state index in [-0.39, 0.29) is 11.3 Å². The first-order chi connectivity index (χ1) is 9.15. The average molecular weight is 288 g/mol. The van der Waals surface area contributed by atoms with Gasteiger partial charge in [0.1, 0.15) is 12.1 Å². The molecule has 19 heavy (non-hydrogen) atoms. The molecule has 3 unspecified atom stereocenters. The molecule has 0 aliphatic carbocycles. The van der Waals surface area contributed by atoms with Crippen molar-refractivity contribution in [2.45, 2.75) is 37.2 Å². The topological polar surface area (TPSA) is 78.9 Å². The van der Waals surface area contributed by atoms with E-state index >= 15 is 0 Å². The fraction of sp³-hybridized carbons (Fsp3) is 0.833. The highest BCUT2D eigenvalue weighted by Gasteiger charge is 2.43. The van der Waals surface area contributed by atoms with E-state index in [2.05, 4.69) is 5.32 Å². The molecule has 2 saturated heterocycles. The Labute approximate surface area is 116 Å². The molecule has 2 N–H and O–H groups in total. The summed E-state index contributed by atoms with van der Waals surface area (Å²) in [5, 5.41) is 12.3. The van der Waals surface area contributed by atoms with Gasteiger partial charge in [0.2, 0.25) is 5.91 Å². The molecule has 7 heteroatoms. The predicted molar refractivity (Wildman–Crippen MR) is 72.0 cm³/mol. The Bertz CT molecular complexity index is 347. The molecule has 2 fully saturated rings. The lowest BCUT2D eigenvalue weighted by Crippen LogP contribution is -2.56. The van der Waals surface area contributed by atoms with Crippen molar-refractivity contribution in [3.8, 4) is 0 Å². The average Bonchev–Trinajstić information content (AvgIpc) is 2.83. The van der Waals surface area contributed by atoms with Crippen molar-refractivity contribution in [2.75, 3.05) is 25.5 Å². The van der Waals surface area contributed by atoms with Gasteiger partial charge in [0, 0.05) is 12.3 Å². The fourth-order valence-electron chi connectivity index (χ4n) is 2.42. The first-order valence-corrected chi connectivity index (χ1v) is 7.67. The second-order valence-electron chi connectivity index (χ2n) is 4.76.